The zero-order valence-corrected chi connectivity index (χ0v) is 19.9. The average molecular weight is 462 g/mol. The largest absolute Gasteiger partial charge is 0.369 e. The fourth-order valence-corrected chi connectivity index (χ4v) is 6.35. The Hall–Kier alpha value is -1.60. The molecule has 1 aliphatic carbocycles. The number of nitrogens with one attached hydrogen (secondary N) is 1. The van der Waals surface area contributed by atoms with E-state index >= 15 is 0 Å². The lowest BCUT2D eigenvalue weighted by Crippen LogP contribution is -2.58. The van der Waals surface area contributed by atoms with Gasteiger partial charge in [-0.3, -0.25) is 4.90 Å². The Labute approximate surface area is 191 Å². The van der Waals surface area contributed by atoms with E-state index in [4.69, 9.17) is 11.6 Å². The molecule has 0 aromatic heterocycles. The number of anilines is 1. The van der Waals surface area contributed by atoms with E-state index < -0.39 is 10.0 Å². The summed E-state index contributed by atoms with van der Waals surface area (Å²) in [6.45, 7) is 8.16. The molecular weight excluding hydrogens is 430 g/mol. The molecule has 0 amide bonds. The number of aryl methyl sites for hydroxylation is 2. The Morgan fingerprint density at radius 2 is 1.61 bits per heavy atom. The van der Waals surface area contributed by atoms with Crippen LogP contribution in [0.5, 0.6) is 0 Å². The maximum atomic E-state index is 13.0. The van der Waals surface area contributed by atoms with Gasteiger partial charge in [0.15, 0.2) is 0 Å². The summed E-state index contributed by atoms with van der Waals surface area (Å²) in [7, 11) is -3.56. The van der Waals surface area contributed by atoms with Crippen LogP contribution in [0.4, 0.5) is 5.69 Å². The van der Waals surface area contributed by atoms with Gasteiger partial charge in [-0.05, 0) is 68.1 Å². The highest BCUT2D eigenvalue weighted by Gasteiger charge is 2.34. The minimum atomic E-state index is -3.56. The summed E-state index contributed by atoms with van der Waals surface area (Å²) >= 11 is 5.93. The summed E-state index contributed by atoms with van der Waals surface area (Å²) in [5.41, 5.74) is 3.92. The van der Waals surface area contributed by atoms with E-state index in [2.05, 4.69) is 46.6 Å². The summed E-state index contributed by atoms with van der Waals surface area (Å²) in [4.78, 5) is 5.24. The molecule has 4 rings (SSSR count). The second kappa shape index (κ2) is 9.49. The third-order valence-corrected chi connectivity index (χ3v) is 8.41. The topological polar surface area (TPSA) is 52.6 Å². The minimum Gasteiger partial charge on any atom is -0.369 e. The van der Waals surface area contributed by atoms with Crippen LogP contribution in [0.25, 0.3) is 0 Å². The van der Waals surface area contributed by atoms with Crippen molar-refractivity contribution >= 4 is 27.3 Å². The highest BCUT2D eigenvalue weighted by molar-refractivity contribution is 7.89. The van der Waals surface area contributed by atoms with Crippen LogP contribution in [-0.4, -0.2) is 51.6 Å². The van der Waals surface area contributed by atoms with Crippen molar-refractivity contribution in [3.63, 3.8) is 0 Å². The second-order valence-electron chi connectivity index (χ2n) is 8.85. The molecule has 1 aliphatic heterocycles. The van der Waals surface area contributed by atoms with Gasteiger partial charge in [-0.25, -0.2) is 13.1 Å². The standard InChI is InChI=1S/C24H32ClN3O2S/c1-18-7-8-19(2)24(17-18)28-15-13-27(14-16-28)23-6-4-3-5-22(23)26-31(29,30)21-11-9-20(25)10-12-21/h7-12,17,22-23,26H,3-6,13-16H2,1-2H3/t22-,23-/m1/s1. The molecule has 0 unspecified atom stereocenters. The van der Waals surface area contributed by atoms with E-state index in [1.807, 2.05) is 0 Å². The van der Waals surface area contributed by atoms with Gasteiger partial charge in [0, 0.05) is 49.0 Å². The van der Waals surface area contributed by atoms with Gasteiger partial charge in [-0.1, -0.05) is 36.6 Å². The van der Waals surface area contributed by atoms with Crippen molar-refractivity contribution in [2.75, 3.05) is 31.1 Å². The molecule has 2 aliphatic rings. The number of piperazine rings is 1. The Bertz CT molecular complexity index is 1000. The van der Waals surface area contributed by atoms with Crippen LogP contribution in [0.15, 0.2) is 47.4 Å². The van der Waals surface area contributed by atoms with E-state index in [1.165, 1.54) is 16.8 Å². The lowest BCUT2D eigenvalue weighted by Gasteiger charge is -2.45. The summed E-state index contributed by atoms with van der Waals surface area (Å²) < 4.78 is 28.9. The lowest BCUT2D eigenvalue weighted by molar-refractivity contribution is 0.124. The van der Waals surface area contributed by atoms with Crippen LogP contribution in [-0.2, 0) is 10.0 Å². The molecule has 1 saturated carbocycles. The third-order valence-electron chi connectivity index (χ3n) is 6.65. The smallest absolute Gasteiger partial charge is 0.240 e. The molecule has 2 aromatic rings. The molecule has 168 valence electrons. The molecular formula is C24H32ClN3O2S. The zero-order valence-electron chi connectivity index (χ0n) is 18.4. The molecule has 31 heavy (non-hydrogen) atoms. The van der Waals surface area contributed by atoms with Gasteiger partial charge in [0.2, 0.25) is 10.0 Å². The number of nitrogens with zero attached hydrogens (tertiary/aromatic N) is 2. The number of sulfonamides is 1. The van der Waals surface area contributed by atoms with E-state index in [-0.39, 0.29) is 17.0 Å². The molecule has 0 bridgehead atoms. The molecule has 0 spiro atoms. The van der Waals surface area contributed by atoms with Crippen molar-refractivity contribution in [1.82, 2.24) is 9.62 Å². The molecule has 1 saturated heterocycles. The average Bonchev–Trinajstić information content (AvgIpc) is 2.76. The Balaban J connectivity index is 1.43. The molecule has 1 N–H and O–H groups in total. The second-order valence-corrected chi connectivity index (χ2v) is 11.0. The Kier molecular flexibility index (Phi) is 6.92. The monoisotopic (exact) mass is 461 g/mol. The van der Waals surface area contributed by atoms with Crippen molar-refractivity contribution < 1.29 is 8.42 Å². The first kappa shape index (κ1) is 22.6. The van der Waals surface area contributed by atoms with E-state index in [0.717, 1.165) is 51.9 Å². The van der Waals surface area contributed by atoms with Crippen LogP contribution in [0.3, 0.4) is 0 Å². The van der Waals surface area contributed by atoms with Gasteiger partial charge >= 0.3 is 0 Å². The molecule has 2 aromatic carbocycles. The fraction of sp³-hybridized carbons (Fsp3) is 0.500. The number of benzene rings is 2. The van der Waals surface area contributed by atoms with Gasteiger partial charge in [-0.2, -0.15) is 0 Å². The van der Waals surface area contributed by atoms with E-state index in [9.17, 15) is 8.42 Å². The van der Waals surface area contributed by atoms with Crippen molar-refractivity contribution in [2.45, 2.75) is 56.5 Å². The van der Waals surface area contributed by atoms with Gasteiger partial charge in [-0.15, -0.1) is 0 Å². The van der Waals surface area contributed by atoms with Gasteiger partial charge < -0.3 is 4.90 Å². The van der Waals surface area contributed by atoms with Gasteiger partial charge in [0.25, 0.3) is 0 Å². The minimum absolute atomic E-state index is 0.0540. The van der Waals surface area contributed by atoms with Crippen molar-refractivity contribution in [3.05, 3.63) is 58.6 Å². The van der Waals surface area contributed by atoms with Crippen LogP contribution >= 0.6 is 11.6 Å². The normalized spacial score (nSPS) is 23.1. The summed E-state index contributed by atoms with van der Waals surface area (Å²) in [5.74, 6) is 0. The molecule has 7 heteroatoms. The first-order chi connectivity index (χ1) is 14.8. The summed E-state index contributed by atoms with van der Waals surface area (Å²) in [6, 6.07) is 13.2. The van der Waals surface area contributed by atoms with Crippen molar-refractivity contribution in [3.8, 4) is 0 Å². The lowest BCUT2D eigenvalue weighted by atomic mass is 9.89. The molecule has 0 radical (unpaired) electrons. The van der Waals surface area contributed by atoms with Crippen LogP contribution < -0.4 is 9.62 Å². The maximum absolute atomic E-state index is 13.0. The quantitative estimate of drug-likeness (QED) is 0.718. The zero-order chi connectivity index (χ0) is 22.0. The number of hydrogen-bond donors (Lipinski definition) is 1. The number of rotatable bonds is 5. The third kappa shape index (κ3) is 5.25. The van der Waals surface area contributed by atoms with Crippen LogP contribution in [0.1, 0.15) is 36.8 Å². The SMILES string of the molecule is Cc1ccc(C)c(N2CCN([C@@H]3CCCC[C@H]3NS(=O)(=O)c3ccc(Cl)cc3)CC2)c1. The van der Waals surface area contributed by atoms with Crippen LogP contribution in [0.2, 0.25) is 5.02 Å². The van der Waals surface area contributed by atoms with E-state index in [0.29, 0.717) is 5.02 Å². The first-order valence-corrected chi connectivity index (χ1v) is 13.0. The fourth-order valence-electron chi connectivity index (χ4n) is 4.92. The number of hydrogen-bond acceptors (Lipinski definition) is 4. The Morgan fingerprint density at radius 3 is 2.32 bits per heavy atom. The van der Waals surface area contributed by atoms with Crippen molar-refractivity contribution in [1.29, 1.82) is 0 Å². The van der Waals surface area contributed by atoms with E-state index in [1.54, 1.807) is 24.3 Å². The van der Waals surface area contributed by atoms with Gasteiger partial charge in [0.1, 0.15) is 0 Å². The summed E-state index contributed by atoms with van der Waals surface area (Å²) in [5, 5.41) is 0.538. The maximum Gasteiger partial charge on any atom is 0.240 e. The number of halogens is 1. The predicted octanol–water partition coefficient (Wildman–Crippen LogP) is 4.37. The van der Waals surface area contributed by atoms with Gasteiger partial charge in [0.05, 0.1) is 4.90 Å². The van der Waals surface area contributed by atoms with Crippen molar-refractivity contribution in [2.24, 2.45) is 0 Å². The first-order valence-electron chi connectivity index (χ1n) is 11.2. The summed E-state index contributed by atoms with van der Waals surface area (Å²) in [6.07, 6.45) is 4.14. The Morgan fingerprint density at radius 1 is 0.935 bits per heavy atom. The molecule has 2 fully saturated rings. The predicted molar refractivity (Wildman–Crippen MR) is 128 cm³/mol. The van der Waals surface area contributed by atoms with Crippen LogP contribution in [0, 0.1) is 13.8 Å². The highest BCUT2D eigenvalue weighted by atomic mass is 35.5. The highest BCUT2D eigenvalue weighted by Crippen LogP contribution is 2.28. The molecule has 5 nitrogen and oxygen atoms in total. The molecule has 1 heterocycles. The molecule has 2 atom stereocenters.